The SMILES string of the molecule is CCc1ccc2occ(C(=O)N3CCC[C@@H](c4nc(N)n[nH]4)C3)c2c1. The lowest BCUT2D eigenvalue weighted by Crippen LogP contribution is -2.39. The van der Waals surface area contributed by atoms with Crippen LogP contribution in [0.3, 0.4) is 0 Å². The molecular weight excluding hydrogens is 318 g/mol. The molecule has 1 amide bonds. The number of fused-ring (bicyclic) bond motifs is 1. The molecule has 1 saturated heterocycles. The topological polar surface area (TPSA) is 101 Å². The summed E-state index contributed by atoms with van der Waals surface area (Å²) < 4.78 is 5.58. The second-order valence-electron chi connectivity index (χ2n) is 6.50. The predicted molar refractivity (Wildman–Crippen MR) is 94.3 cm³/mol. The van der Waals surface area contributed by atoms with E-state index in [0.717, 1.165) is 42.6 Å². The first kappa shape index (κ1) is 15.7. The van der Waals surface area contributed by atoms with Crippen LogP contribution in [0.15, 0.2) is 28.9 Å². The van der Waals surface area contributed by atoms with Crippen LogP contribution in [-0.4, -0.2) is 39.1 Å². The molecule has 25 heavy (non-hydrogen) atoms. The number of rotatable bonds is 3. The van der Waals surface area contributed by atoms with Crippen LogP contribution in [0.2, 0.25) is 0 Å². The van der Waals surface area contributed by atoms with Crippen molar-refractivity contribution in [2.24, 2.45) is 0 Å². The molecule has 0 bridgehead atoms. The number of aromatic amines is 1. The van der Waals surface area contributed by atoms with Crippen molar-refractivity contribution in [1.29, 1.82) is 0 Å². The molecule has 0 unspecified atom stereocenters. The quantitative estimate of drug-likeness (QED) is 0.764. The van der Waals surface area contributed by atoms with Gasteiger partial charge >= 0.3 is 0 Å². The van der Waals surface area contributed by atoms with E-state index in [9.17, 15) is 4.79 Å². The van der Waals surface area contributed by atoms with E-state index in [1.54, 1.807) is 6.26 Å². The zero-order chi connectivity index (χ0) is 17.4. The first-order chi connectivity index (χ1) is 12.2. The first-order valence-electron chi connectivity index (χ1n) is 8.63. The van der Waals surface area contributed by atoms with Crippen molar-refractivity contribution < 1.29 is 9.21 Å². The van der Waals surface area contributed by atoms with Crippen molar-refractivity contribution in [3.8, 4) is 0 Å². The van der Waals surface area contributed by atoms with E-state index < -0.39 is 0 Å². The maximum absolute atomic E-state index is 13.1. The molecule has 7 heteroatoms. The Kier molecular flexibility index (Phi) is 3.91. The number of carbonyl (C=O) groups excluding carboxylic acids is 1. The Hall–Kier alpha value is -2.83. The summed E-state index contributed by atoms with van der Waals surface area (Å²) in [7, 11) is 0. The van der Waals surface area contributed by atoms with Crippen molar-refractivity contribution in [3.05, 3.63) is 41.4 Å². The number of aryl methyl sites for hydroxylation is 1. The van der Waals surface area contributed by atoms with E-state index in [0.29, 0.717) is 12.1 Å². The summed E-state index contributed by atoms with van der Waals surface area (Å²) in [5, 5.41) is 7.65. The third-order valence-corrected chi connectivity index (χ3v) is 4.89. The van der Waals surface area contributed by atoms with Crippen molar-refractivity contribution in [2.45, 2.75) is 32.1 Å². The minimum atomic E-state index is 0.00388. The zero-order valence-corrected chi connectivity index (χ0v) is 14.2. The zero-order valence-electron chi connectivity index (χ0n) is 14.2. The van der Waals surface area contributed by atoms with Gasteiger partial charge in [-0.15, -0.1) is 5.10 Å². The first-order valence-corrected chi connectivity index (χ1v) is 8.63. The molecule has 7 nitrogen and oxygen atoms in total. The minimum absolute atomic E-state index is 0.00388. The number of nitrogens with zero attached hydrogens (tertiary/aromatic N) is 3. The van der Waals surface area contributed by atoms with Gasteiger partial charge in [-0.25, -0.2) is 0 Å². The van der Waals surface area contributed by atoms with Gasteiger partial charge in [0.05, 0.1) is 5.56 Å². The highest BCUT2D eigenvalue weighted by Gasteiger charge is 2.29. The number of aromatic nitrogens is 3. The number of hydrogen-bond donors (Lipinski definition) is 2. The van der Waals surface area contributed by atoms with Gasteiger partial charge in [-0.05, 0) is 37.0 Å². The van der Waals surface area contributed by atoms with Gasteiger partial charge in [0, 0.05) is 24.4 Å². The van der Waals surface area contributed by atoms with Crippen molar-refractivity contribution in [1.82, 2.24) is 20.1 Å². The molecule has 0 saturated carbocycles. The lowest BCUT2D eigenvalue weighted by molar-refractivity contribution is 0.0705. The molecule has 1 atom stereocenters. The van der Waals surface area contributed by atoms with E-state index in [2.05, 4.69) is 22.1 Å². The van der Waals surface area contributed by atoms with Crippen molar-refractivity contribution in [3.63, 3.8) is 0 Å². The van der Waals surface area contributed by atoms with Crippen LogP contribution in [-0.2, 0) is 6.42 Å². The molecule has 3 aromatic rings. The molecule has 0 spiro atoms. The Morgan fingerprint density at radius 2 is 2.36 bits per heavy atom. The minimum Gasteiger partial charge on any atom is -0.463 e. The van der Waals surface area contributed by atoms with Crippen LogP contribution in [0.1, 0.15) is 47.4 Å². The number of likely N-dealkylation sites (tertiary alicyclic amines) is 1. The summed E-state index contributed by atoms with van der Waals surface area (Å²) in [4.78, 5) is 19.1. The van der Waals surface area contributed by atoms with Gasteiger partial charge in [0.2, 0.25) is 5.95 Å². The van der Waals surface area contributed by atoms with Gasteiger partial charge in [0.25, 0.3) is 5.91 Å². The molecule has 1 fully saturated rings. The number of benzene rings is 1. The number of nitrogens with two attached hydrogens (primary N) is 1. The van der Waals surface area contributed by atoms with Gasteiger partial charge in [-0.2, -0.15) is 4.98 Å². The molecule has 1 aliphatic rings. The summed E-state index contributed by atoms with van der Waals surface area (Å²) in [6.45, 7) is 3.44. The third-order valence-electron chi connectivity index (χ3n) is 4.89. The van der Waals surface area contributed by atoms with E-state index in [4.69, 9.17) is 10.2 Å². The van der Waals surface area contributed by atoms with Gasteiger partial charge < -0.3 is 15.1 Å². The van der Waals surface area contributed by atoms with Crippen LogP contribution < -0.4 is 5.73 Å². The van der Waals surface area contributed by atoms with Crippen LogP contribution >= 0.6 is 0 Å². The lowest BCUT2D eigenvalue weighted by atomic mass is 9.96. The van der Waals surface area contributed by atoms with Gasteiger partial charge in [-0.1, -0.05) is 13.0 Å². The molecule has 1 aliphatic heterocycles. The van der Waals surface area contributed by atoms with Crippen molar-refractivity contribution >= 4 is 22.8 Å². The number of H-pyrrole nitrogens is 1. The Bertz CT molecular complexity index is 913. The molecule has 4 rings (SSSR count). The highest BCUT2D eigenvalue weighted by molar-refractivity contribution is 6.06. The summed E-state index contributed by atoms with van der Waals surface area (Å²) >= 11 is 0. The Morgan fingerprint density at radius 3 is 3.12 bits per heavy atom. The molecule has 2 aromatic heterocycles. The monoisotopic (exact) mass is 339 g/mol. The van der Waals surface area contributed by atoms with E-state index in [1.165, 1.54) is 5.56 Å². The number of hydrogen-bond acceptors (Lipinski definition) is 5. The molecule has 3 heterocycles. The van der Waals surface area contributed by atoms with Gasteiger partial charge in [0.1, 0.15) is 17.7 Å². The molecule has 0 aliphatic carbocycles. The molecule has 130 valence electrons. The standard InChI is InChI=1S/C18H21N5O2/c1-2-11-5-6-15-13(8-11)14(10-25-15)17(24)23-7-3-4-12(9-23)16-20-18(19)22-21-16/h5-6,8,10,12H,2-4,7,9H2,1H3,(H3,19,20,21,22)/t12-/m1/s1. The third kappa shape index (κ3) is 2.86. The fourth-order valence-electron chi connectivity index (χ4n) is 3.49. The summed E-state index contributed by atoms with van der Waals surface area (Å²) in [5.74, 6) is 1.13. The maximum atomic E-state index is 13.1. The number of amides is 1. The fraction of sp³-hybridized carbons (Fsp3) is 0.389. The summed E-state index contributed by atoms with van der Waals surface area (Å²) in [6.07, 6.45) is 4.38. The largest absolute Gasteiger partial charge is 0.463 e. The van der Waals surface area contributed by atoms with E-state index >= 15 is 0 Å². The number of furan rings is 1. The van der Waals surface area contributed by atoms with Crippen molar-refractivity contribution in [2.75, 3.05) is 18.8 Å². The fourth-order valence-corrected chi connectivity index (χ4v) is 3.49. The lowest BCUT2D eigenvalue weighted by Gasteiger charge is -2.31. The van der Waals surface area contributed by atoms with Crippen LogP contribution in [0.4, 0.5) is 5.95 Å². The molecule has 0 radical (unpaired) electrons. The summed E-state index contributed by atoms with van der Waals surface area (Å²) in [5.41, 5.74) is 8.17. The average molecular weight is 339 g/mol. The number of nitrogens with one attached hydrogen (secondary N) is 1. The number of carbonyl (C=O) groups is 1. The maximum Gasteiger partial charge on any atom is 0.257 e. The Balaban J connectivity index is 1.60. The molecule has 1 aromatic carbocycles. The van der Waals surface area contributed by atoms with Gasteiger partial charge in [0.15, 0.2) is 0 Å². The molecule has 3 N–H and O–H groups in total. The Labute approximate surface area is 145 Å². The number of piperidine rings is 1. The average Bonchev–Trinajstić information content (AvgIpc) is 3.27. The number of nitrogen functional groups attached to an aromatic ring is 1. The normalized spacial score (nSPS) is 18.0. The van der Waals surface area contributed by atoms with E-state index in [1.807, 2.05) is 23.1 Å². The van der Waals surface area contributed by atoms with Crippen LogP contribution in [0, 0.1) is 0 Å². The Morgan fingerprint density at radius 1 is 1.48 bits per heavy atom. The predicted octanol–water partition coefficient (Wildman–Crippen LogP) is 2.72. The number of anilines is 1. The highest BCUT2D eigenvalue weighted by Crippen LogP contribution is 2.29. The second kappa shape index (κ2) is 6.23. The smallest absolute Gasteiger partial charge is 0.257 e. The summed E-state index contributed by atoms with van der Waals surface area (Å²) in [6, 6.07) is 6.01. The van der Waals surface area contributed by atoms with Crippen LogP contribution in [0.25, 0.3) is 11.0 Å². The molecular formula is C18H21N5O2. The highest BCUT2D eigenvalue weighted by atomic mass is 16.3. The van der Waals surface area contributed by atoms with Gasteiger partial charge in [-0.3, -0.25) is 9.89 Å². The second-order valence-corrected chi connectivity index (χ2v) is 6.50. The van der Waals surface area contributed by atoms with Crippen LogP contribution in [0.5, 0.6) is 0 Å². The van der Waals surface area contributed by atoms with E-state index in [-0.39, 0.29) is 17.8 Å².